The fourth-order valence-corrected chi connectivity index (χ4v) is 3.39. The molecule has 0 saturated carbocycles. The van der Waals surface area contributed by atoms with Crippen LogP contribution in [0.2, 0.25) is 5.02 Å². The molecular formula is C17H22ClN3O. The molecule has 1 atom stereocenters. The van der Waals surface area contributed by atoms with E-state index < -0.39 is 0 Å². The van der Waals surface area contributed by atoms with Crippen molar-refractivity contribution < 1.29 is 4.79 Å². The summed E-state index contributed by atoms with van der Waals surface area (Å²) >= 11 is 6.00. The molecule has 1 aliphatic heterocycles. The third-order valence-corrected chi connectivity index (χ3v) is 4.53. The van der Waals surface area contributed by atoms with Gasteiger partial charge in [0.15, 0.2) is 0 Å². The molecule has 3 rings (SSSR count). The second kappa shape index (κ2) is 6.71. The predicted molar refractivity (Wildman–Crippen MR) is 90.8 cm³/mol. The van der Waals surface area contributed by atoms with Gasteiger partial charge in [-0.05, 0) is 56.6 Å². The molecule has 1 aromatic heterocycles. The second-order valence-electron chi connectivity index (χ2n) is 6.00. The van der Waals surface area contributed by atoms with Gasteiger partial charge in [-0.25, -0.2) is 0 Å². The van der Waals surface area contributed by atoms with Crippen LogP contribution >= 0.6 is 11.6 Å². The lowest BCUT2D eigenvalue weighted by Crippen LogP contribution is -2.42. The quantitative estimate of drug-likeness (QED) is 0.936. The van der Waals surface area contributed by atoms with E-state index in [-0.39, 0.29) is 11.8 Å². The number of fused-ring (bicyclic) bond motifs is 1. The van der Waals surface area contributed by atoms with E-state index in [0.29, 0.717) is 5.02 Å². The van der Waals surface area contributed by atoms with Gasteiger partial charge in [-0.2, -0.15) is 0 Å². The molecule has 0 bridgehead atoms. The molecule has 1 unspecified atom stereocenters. The Balaban J connectivity index is 1.70. The SMILES string of the molecule is CCCN1CCCC(C(=O)Nn2ccc3cc(Cl)ccc32)C1. The molecule has 1 fully saturated rings. The first kappa shape index (κ1) is 15.4. The van der Waals surface area contributed by atoms with Crippen molar-refractivity contribution in [1.82, 2.24) is 9.58 Å². The fourth-order valence-electron chi connectivity index (χ4n) is 3.21. The van der Waals surface area contributed by atoms with Crippen molar-refractivity contribution >= 4 is 28.4 Å². The second-order valence-corrected chi connectivity index (χ2v) is 6.44. The molecule has 118 valence electrons. The maximum absolute atomic E-state index is 12.5. The average molecular weight is 320 g/mol. The summed E-state index contributed by atoms with van der Waals surface area (Å²) in [4.78, 5) is 14.9. The Morgan fingerprint density at radius 1 is 1.41 bits per heavy atom. The first-order valence-electron chi connectivity index (χ1n) is 7.97. The summed E-state index contributed by atoms with van der Waals surface area (Å²) in [6.45, 7) is 5.24. The number of halogens is 1. The monoisotopic (exact) mass is 319 g/mol. The zero-order valence-electron chi connectivity index (χ0n) is 12.9. The summed E-state index contributed by atoms with van der Waals surface area (Å²) < 4.78 is 1.80. The number of nitrogens with zero attached hydrogens (tertiary/aromatic N) is 2. The van der Waals surface area contributed by atoms with Gasteiger partial charge in [0, 0.05) is 23.2 Å². The van der Waals surface area contributed by atoms with E-state index in [0.717, 1.165) is 49.8 Å². The highest BCUT2D eigenvalue weighted by atomic mass is 35.5. The third kappa shape index (κ3) is 3.28. The van der Waals surface area contributed by atoms with Crippen LogP contribution in [0.15, 0.2) is 30.5 Å². The molecule has 1 saturated heterocycles. The third-order valence-electron chi connectivity index (χ3n) is 4.30. The van der Waals surface area contributed by atoms with Crippen molar-refractivity contribution in [2.45, 2.75) is 26.2 Å². The van der Waals surface area contributed by atoms with Crippen LogP contribution in [0.25, 0.3) is 10.9 Å². The summed E-state index contributed by atoms with van der Waals surface area (Å²) in [5.41, 5.74) is 4.00. The lowest BCUT2D eigenvalue weighted by atomic mass is 9.97. The Hall–Kier alpha value is -1.52. The fraction of sp³-hybridized carbons (Fsp3) is 0.471. The summed E-state index contributed by atoms with van der Waals surface area (Å²) in [5, 5.41) is 1.74. The number of piperidine rings is 1. The van der Waals surface area contributed by atoms with Gasteiger partial charge < -0.3 is 4.90 Å². The molecule has 1 aliphatic rings. The molecule has 1 N–H and O–H groups in total. The van der Waals surface area contributed by atoms with Crippen LogP contribution < -0.4 is 5.43 Å². The summed E-state index contributed by atoms with van der Waals surface area (Å²) in [7, 11) is 0. The van der Waals surface area contributed by atoms with Crippen molar-refractivity contribution in [2.75, 3.05) is 25.1 Å². The van der Waals surface area contributed by atoms with Gasteiger partial charge in [0.2, 0.25) is 5.91 Å². The molecule has 2 aromatic rings. The minimum Gasteiger partial charge on any atom is -0.303 e. The van der Waals surface area contributed by atoms with Crippen molar-refractivity contribution in [3.63, 3.8) is 0 Å². The van der Waals surface area contributed by atoms with Crippen molar-refractivity contribution in [2.24, 2.45) is 5.92 Å². The van der Waals surface area contributed by atoms with Gasteiger partial charge in [-0.3, -0.25) is 14.9 Å². The lowest BCUT2D eigenvalue weighted by Gasteiger charge is -2.31. The van der Waals surface area contributed by atoms with E-state index in [2.05, 4.69) is 17.2 Å². The predicted octanol–water partition coefficient (Wildman–Crippen LogP) is 3.49. The van der Waals surface area contributed by atoms with Crippen LogP contribution in [0.4, 0.5) is 0 Å². The van der Waals surface area contributed by atoms with E-state index in [1.54, 1.807) is 4.68 Å². The van der Waals surface area contributed by atoms with Crippen LogP contribution in [0.3, 0.4) is 0 Å². The first-order valence-corrected chi connectivity index (χ1v) is 8.35. The largest absolute Gasteiger partial charge is 0.303 e. The number of hydrogen-bond acceptors (Lipinski definition) is 2. The number of hydrogen-bond donors (Lipinski definition) is 1. The van der Waals surface area contributed by atoms with Gasteiger partial charge in [0.1, 0.15) is 0 Å². The van der Waals surface area contributed by atoms with Crippen LogP contribution in [-0.4, -0.2) is 35.1 Å². The Bertz CT molecular complexity index is 665. The van der Waals surface area contributed by atoms with E-state index >= 15 is 0 Å². The molecule has 2 heterocycles. The van der Waals surface area contributed by atoms with E-state index in [4.69, 9.17) is 11.6 Å². The van der Waals surface area contributed by atoms with E-state index in [1.165, 1.54) is 0 Å². The van der Waals surface area contributed by atoms with E-state index in [9.17, 15) is 4.79 Å². The number of aromatic nitrogens is 1. The minimum absolute atomic E-state index is 0.0741. The van der Waals surface area contributed by atoms with Crippen LogP contribution in [-0.2, 0) is 4.79 Å². The number of rotatable bonds is 4. The van der Waals surface area contributed by atoms with Crippen LogP contribution in [0.5, 0.6) is 0 Å². The normalized spacial score (nSPS) is 19.5. The smallest absolute Gasteiger partial charge is 0.243 e. The Morgan fingerprint density at radius 2 is 2.27 bits per heavy atom. The Kier molecular flexibility index (Phi) is 4.69. The molecule has 0 spiro atoms. The van der Waals surface area contributed by atoms with Gasteiger partial charge in [0.05, 0.1) is 11.4 Å². The average Bonchev–Trinajstić information content (AvgIpc) is 2.90. The van der Waals surface area contributed by atoms with Gasteiger partial charge in [-0.1, -0.05) is 18.5 Å². The number of nitrogens with one attached hydrogen (secondary N) is 1. The first-order chi connectivity index (χ1) is 10.7. The number of amides is 1. The van der Waals surface area contributed by atoms with E-state index in [1.807, 2.05) is 30.5 Å². The molecule has 1 aromatic carbocycles. The van der Waals surface area contributed by atoms with Crippen LogP contribution in [0, 0.1) is 5.92 Å². The summed E-state index contributed by atoms with van der Waals surface area (Å²) in [5.74, 6) is 0.179. The highest BCUT2D eigenvalue weighted by Crippen LogP contribution is 2.21. The highest BCUT2D eigenvalue weighted by molar-refractivity contribution is 6.31. The zero-order chi connectivity index (χ0) is 15.5. The Morgan fingerprint density at radius 3 is 3.09 bits per heavy atom. The van der Waals surface area contributed by atoms with Crippen LogP contribution in [0.1, 0.15) is 26.2 Å². The molecule has 0 radical (unpaired) electrons. The summed E-state index contributed by atoms with van der Waals surface area (Å²) in [6.07, 6.45) is 5.08. The topological polar surface area (TPSA) is 37.3 Å². The molecular weight excluding hydrogens is 298 g/mol. The molecule has 4 nitrogen and oxygen atoms in total. The standard InChI is InChI=1S/C17H22ClN3O/c1-2-8-20-9-3-4-14(12-20)17(22)19-21-10-7-13-11-15(18)5-6-16(13)21/h5-7,10-11,14H,2-4,8-9,12H2,1H3,(H,19,22). The van der Waals surface area contributed by atoms with Gasteiger partial charge in [-0.15, -0.1) is 0 Å². The number of carbonyl (C=O) groups is 1. The Labute approximate surface area is 136 Å². The zero-order valence-corrected chi connectivity index (χ0v) is 13.6. The molecule has 1 amide bonds. The number of likely N-dealkylation sites (tertiary alicyclic amines) is 1. The van der Waals surface area contributed by atoms with Gasteiger partial charge >= 0.3 is 0 Å². The number of carbonyl (C=O) groups excluding carboxylic acids is 1. The van der Waals surface area contributed by atoms with Crippen molar-refractivity contribution in [1.29, 1.82) is 0 Å². The minimum atomic E-state index is 0.0741. The lowest BCUT2D eigenvalue weighted by molar-refractivity contribution is -0.122. The molecule has 22 heavy (non-hydrogen) atoms. The highest BCUT2D eigenvalue weighted by Gasteiger charge is 2.25. The summed E-state index contributed by atoms with van der Waals surface area (Å²) in [6, 6.07) is 7.65. The van der Waals surface area contributed by atoms with Gasteiger partial charge in [0.25, 0.3) is 0 Å². The molecule has 5 heteroatoms. The van der Waals surface area contributed by atoms with Crippen molar-refractivity contribution in [3.05, 3.63) is 35.5 Å². The molecule has 0 aliphatic carbocycles. The number of benzene rings is 1. The van der Waals surface area contributed by atoms with Crippen molar-refractivity contribution in [3.8, 4) is 0 Å². The maximum Gasteiger partial charge on any atom is 0.243 e. The maximum atomic E-state index is 12.5.